The van der Waals surface area contributed by atoms with E-state index in [9.17, 15) is 0 Å². The topological polar surface area (TPSA) is 28.2 Å². The summed E-state index contributed by atoms with van der Waals surface area (Å²) in [4.78, 5) is 8.08. The Kier molecular flexibility index (Phi) is 4.27. The molecular weight excluding hydrogens is 346 g/mol. The molecule has 1 N–H and O–H groups in total. The lowest BCUT2D eigenvalue weighted by atomic mass is 10.0. The van der Waals surface area contributed by atoms with Crippen LogP contribution in [0, 0.1) is 13.8 Å². The number of hydrogen-bond acceptors (Lipinski definition) is 3. The van der Waals surface area contributed by atoms with Gasteiger partial charge < -0.3 is 10.2 Å². The van der Waals surface area contributed by atoms with Crippen molar-refractivity contribution in [3.8, 4) is 0 Å². The van der Waals surface area contributed by atoms with Crippen LogP contribution in [0.25, 0.3) is 0 Å². The average Bonchev–Trinajstić information content (AvgIpc) is 3.25. The van der Waals surface area contributed by atoms with Crippen molar-refractivity contribution in [1.29, 1.82) is 0 Å². The first-order chi connectivity index (χ1) is 12.1. The second-order valence-electron chi connectivity index (χ2n) is 6.28. The highest BCUT2D eigenvalue weighted by molar-refractivity contribution is 7.80. The lowest BCUT2D eigenvalue weighted by Gasteiger charge is -2.27. The van der Waals surface area contributed by atoms with Gasteiger partial charge >= 0.3 is 0 Å². The van der Waals surface area contributed by atoms with Gasteiger partial charge in [-0.3, -0.25) is 4.98 Å². The standard InChI is InChI=1S/C20H19N3S2/c1-13-8-9-15(12-14(13)2)23-19(17-7-5-11-25-17)18(22-20(23)24)16-6-3-4-10-21-16/h3-12,18-19H,1-2H3,(H,22,24)/t18-,19+/m0/s1. The third-order valence-corrected chi connectivity index (χ3v) is 5.96. The fourth-order valence-corrected chi connectivity index (χ4v) is 4.46. The van der Waals surface area contributed by atoms with Crippen molar-refractivity contribution in [1.82, 2.24) is 10.3 Å². The summed E-state index contributed by atoms with van der Waals surface area (Å²) in [5, 5.41) is 6.36. The number of nitrogens with one attached hydrogen (secondary N) is 1. The van der Waals surface area contributed by atoms with Crippen LogP contribution in [-0.4, -0.2) is 10.1 Å². The van der Waals surface area contributed by atoms with Gasteiger partial charge in [0, 0.05) is 16.8 Å². The van der Waals surface area contributed by atoms with Gasteiger partial charge in [0.15, 0.2) is 5.11 Å². The Morgan fingerprint density at radius 1 is 1.08 bits per heavy atom. The van der Waals surface area contributed by atoms with Crippen LogP contribution in [0.5, 0.6) is 0 Å². The molecule has 0 unspecified atom stereocenters. The SMILES string of the molecule is Cc1ccc(N2C(=S)N[C@@H](c3ccccn3)[C@H]2c2cccs2)cc1C. The number of hydrogen-bond donors (Lipinski definition) is 1. The Bertz CT molecular complexity index is 891. The predicted octanol–water partition coefficient (Wildman–Crippen LogP) is 4.94. The molecule has 1 aromatic carbocycles. The van der Waals surface area contributed by atoms with E-state index in [4.69, 9.17) is 12.2 Å². The van der Waals surface area contributed by atoms with Crippen molar-refractivity contribution in [3.63, 3.8) is 0 Å². The van der Waals surface area contributed by atoms with Crippen LogP contribution in [0.4, 0.5) is 5.69 Å². The Morgan fingerprint density at radius 2 is 1.96 bits per heavy atom. The minimum absolute atomic E-state index is 0.0361. The smallest absolute Gasteiger partial charge is 0.174 e. The molecule has 1 aliphatic heterocycles. The molecule has 3 aromatic rings. The quantitative estimate of drug-likeness (QED) is 0.666. The van der Waals surface area contributed by atoms with E-state index in [2.05, 4.69) is 70.8 Å². The summed E-state index contributed by atoms with van der Waals surface area (Å²) in [6, 6.07) is 17.0. The van der Waals surface area contributed by atoms with Crippen molar-refractivity contribution in [2.24, 2.45) is 0 Å². The number of nitrogens with zero attached hydrogens (tertiary/aromatic N) is 2. The Labute approximate surface area is 157 Å². The largest absolute Gasteiger partial charge is 0.351 e. The van der Waals surface area contributed by atoms with Crippen LogP contribution in [0.2, 0.25) is 0 Å². The number of pyridine rings is 1. The number of aryl methyl sites for hydroxylation is 2. The second-order valence-corrected chi connectivity index (χ2v) is 7.65. The average molecular weight is 366 g/mol. The zero-order valence-electron chi connectivity index (χ0n) is 14.1. The van der Waals surface area contributed by atoms with Crippen LogP contribution in [-0.2, 0) is 0 Å². The van der Waals surface area contributed by atoms with Crippen molar-refractivity contribution in [3.05, 3.63) is 81.8 Å². The normalized spacial score (nSPS) is 19.9. The van der Waals surface area contributed by atoms with Gasteiger partial charge in [0.1, 0.15) is 0 Å². The van der Waals surface area contributed by atoms with E-state index in [-0.39, 0.29) is 12.1 Å². The summed E-state index contributed by atoms with van der Waals surface area (Å²) in [6.45, 7) is 4.27. The molecule has 25 heavy (non-hydrogen) atoms. The predicted molar refractivity (Wildman–Crippen MR) is 108 cm³/mol. The third kappa shape index (κ3) is 2.94. The van der Waals surface area contributed by atoms with Gasteiger partial charge in [0.2, 0.25) is 0 Å². The van der Waals surface area contributed by atoms with E-state index in [0.29, 0.717) is 0 Å². The molecule has 1 fully saturated rings. The van der Waals surface area contributed by atoms with Crippen LogP contribution >= 0.6 is 23.6 Å². The third-order valence-electron chi connectivity index (χ3n) is 4.70. The zero-order chi connectivity index (χ0) is 17.4. The van der Waals surface area contributed by atoms with Crippen LogP contribution < -0.4 is 10.2 Å². The maximum absolute atomic E-state index is 5.72. The Hall–Kier alpha value is -2.24. The molecule has 0 bridgehead atoms. The number of rotatable bonds is 3. The molecule has 3 heterocycles. The molecule has 2 aromatic heterocycles. The Morgan fingerprint density at radius 3 is 2.64 bits per heavy atom. The van der Waals surface area contributed by atoms with Crippen molar-refractivity contribution in [2.75, 3.05) is 4.90 Å². The number of anilines is 1. The highest BCUT2D eigenvalue weighted by Gasteiger charge is 2.41. The molecule has 0 aliphatic carbocycles. The molecule has 4 rings (SSSR count). The minimum Gasteiger partial charge on any atom is -0.351 e. The summed E-state index contributed by atoms with van der Waals surface area (Å²) in [5.74, 6) is 0. The summed E-state index contributed by atoms with van der Waals surface area (Å²) in [6.07, 6.45) is 1.84. The molecule has 3 nitrogen and oxygen atoms in total. The maximum Gasteiger partial charge on any atom is 0.174 e. The molecule has 2 atom stereocenters. The van der Waals surface area contributed by atoms with Gasteiger partial charge in [-0.1, -0.05) is 18.2 Å². The van der Waals surface area contributed by atoms with Gasteiger partial charge in [0.25, 0.3) is 0 Å². The van der Waals surface area contributed by atoms with E-state index < -0.39 is 0 Å². The van der Waals surface area contributed by atoms with Gasteiger partial charge in [-0.25, -0.2) is 0 Å². The monoisotopic (exact) mass is 365 g/mol. The van der Waals surface area contributed by atoms with Crippen molar-refractivity contribution >= 4 is 34.4 Å². The van der Waals surface area contributed by atoms with Crippen molar-refractivity contribution < 1.29 is 0 Å². The lowest BCUT2D eigenvalue weighted by molar-refractivity contribution is 0.575. The van der Waals surface area contributed by atoms with Crippen LogP contribution in [0.15, 0.2) is 60.1 Å². The molecule has 1 aliphatic rings. The van der Waals surface area contributed by atoms with E-state index >= 15 is 0 Å². The second kappa shape index (κ2) is 6.58. The molecule has 0 spiro atoms. The van der Waals surface area contributed by atoms with E-state index in [1.165, 1.54) is 16.0 Å². The van der Waals surface area contributed by atoms with E-state index in [1.54, 1.807) is 11.3 Å². The minimum atomic E-state index is 0.0361. The number of thiophene rings is 1. The molecule has 126 valence electrons. The van der Waals surface area contributed by atoms with Crippen LogP contribution in [0.3, 0.4) is 0 Å². The first-order valence-electron chi connectivity index (χ1n) is 8.26. The van der Waals surface area contributed by atoms with E-state index in [1.807, 2.05) is 18.3 Å². The molecule has 0 saturated carbocycles. The van der Waals surface area contributed by atoms with Crippen molar-refractivity contribution in [2.45, 2.75) is 25.9 Å². The molecule has 1 saturated heterocycles. The van der Waals surface area contributed by atoms with Gasteiger partial charge in [-0.05, 0) is 72.9 Å². The zero-order valence-corrected chi connectivity index (χ0v) is 15.8. The molecule has 0 amide bonds. The van der Waals surface area contributed by atoms with Crippen LogP contribution in [0.1, 0.15) is 33.8 Å². The fourth-order valence-electron chi connectivity index (χ4n) is 3.26. The Balaban J connectivity index is 1.82. The molecule has 5 heteroatoms. The summed E-state index contributed by atoms with van der Waals surface area (Å²) in [7, 11) is 0. The number of aromatic nitrogens is 1. The van der Waals surface area contributed by atoms with Gasteiger partial charge in [-0.15, -0.1) is 11.3 Å². The molecule has 0 radical (unpaired) electrons. The number of benzene rings is 1. The highest BCUT2D eigenvalue weighted by atomic mass is 32.1. The maximum atomic E-state index is 5.72. The highest BCUT2D eigenvalue weighted by Crippen LogP contribution is 2.43. The first kappa shape index (κ1) is 16.2. The summed E-state index contributed by atoms with van der Waals surface area (Å²) in [5.41, 5.74) is 4.69. The first-order valence-corrected chi connectivity index (χ1v) is 9.55. The number of thiocarbonyl (C=S) groups is 1. The van der Waals surface area contributed by atoms with E-state index in [0.717, 1.165) is 16.5 Å². The summed E-state index contributed by atoms with van der Waals surface area (Å²) >= 11 is 7.48. The fraction of sp³-hybridized carbons (Fsp3) is 0.200. The molecular formula is C20H19N3S2. The van der Waals surface area contributed by atoms with Gasteiger partial charge in [-0.2, -0.15) is 0 Å². The van der Waals surface area contributed by atoms with Gasteiger partial charge in [0.05, 0.1) is 17.8 Å². The summed E-state index contributed by atoms with van der Waals surface area (Å²) < 4.78 is 0. The lowest BCUT2D eigenvalue weighted by Crippen LogP contribution is -2.29.